The van der Waals surface area contributed by atoms with E-state index in [9.17, 15) is 13.2 Å². The molecule has 0 N–H and O–H groups in total. The van der Waals surface area contributed by atoms with Gasteiger partial charge >= 0.3 is 0 Å². The van der Waals surface area contributed by atoms with Crippen LogP contribution in [0.15, 0.2) is 29.2 Å². The molecule has 2 heterocycles. The smallest absolute Gasteiger partial charge is 0.253 e. The number of amides is 1. The van der Waals surface area contributed by atoms with E-state index in [1.54, 1.807) is 24.3 Å². The van der Waals surface area contributed by atoms with E-state index in [-0.39, 0.29) is 10.8 Å². The topological polar surface area (TPSA) is 57.7 Å². The van der Waals surface area contributed by atoms with Gasteiger partial charge in [0.25, 0.3) is 5.91 Å². The van der Waals surface area contributed by atoms with E-state index in [1.807, 2.05) is 4.90 Å². The Morgan fingerprint density at radius 2 is 1.54 bits per heavy atom. The summed E-state index contributed by atoms with van der Waals surface area (Å²) in [5, 5.41) is 0. The van der Waals surface area contributed by atoms with Crippen molar-refractivity contribution in [1.29, 1.82) is 0 Å². The van der Waals surface area contributed by atoms with Crippen LogP contribution < -0.4 is 0 Å². The standard InChI is InChI=1S/C18H26N2O3S/c1-14-11-15(2)13-19(12-14)18(21)16-5-7-17(8-6-16)24(22,23)20-9-3-4-10-20/h5-8,14-15H,3-4,9-13H2,1-2H3/t14-,15-/m1/s1. The third kappa shape index (κ3) is 3.49. The summed E-state index contributed by atoms with van der Waals surface area (Å²) in [4.78, 5) is 14.8. The molecule has 0 aliphatic carbocycles. The van der Waals surface area contributed by atoms with Gasteiger partial charge in [0.15, 0.2) is 0 Å². The summed E-state index contributed by atoms with van der Waals surface area (Å²) in [5.41, 5.74) is 0.566. The zero-order chi connectivity index (χ0) is 17.3. The number of likely N-dealkylation sites (tertiary alicyclic amines) is 1. The molecule has 0 saturated carbocycles. The normalized spacial score (nSPS) is 25.8. The van der Waals surface area contributed by atoms with Crippen LogP contribution in [0.2, 0.25) is 0 Å². The van der Waals surface area contributed by atoms with Crippen molar-refractivity contribution in [2.45, 2.75) is 38.0 Å². The lowest BCUT2D eigenvalue weighted by atomic mass is 9.91. The van der Waals surface area contributed by atoms with Crippen molar-refractivity contribution in [2.24, 2.45) is 11.8 Å². The number of sulfonamides is 1. The molecule has 2 aliphatic rings. The van der Waals surface area contributed by atoms with Gasteiger partial charge in [-0.2, -0.15) is 4.31 Å². The highest BCUT2D eigenvalue weighted by Gasteiger charge is 2.29. The Balaban J connectivity index is 1.75. The monoisotopic (exact) mass is 350 g/mol. The molecule has 132 valence electrons. The molecule has 6 heteroatoms. The van der Waals surface area contributed by atoms with Crippen LogP contribution in [0, 0.1) is 11.8 Å². The fourth-order valence-corrected chi connectivity index (χ4v) is 5.38. The molecule has 0 bridgehead atoms. The van der Waals surface area contributed by atoms with Crippen molar-refractivity contribution in [3.05, 3.63) is 29.8 Å². The van der Waals surface area contributed by atoms with Crippen LogP contribution in [0.1, 0.15) is 43.5 Å². The number of hydrogen-bond acceptors (Lipinski definition) is 3. The number of rotatable bonds is 3. The Labute approximate surface area is 144 Å². The summed E-state index contributed by atoms with van der Waals surface area (Å²) >= 11 is 0. The number of nitrogens with zero attached hydrogens (tertiary/aromatic N) is 2. The van der Waals surface area contributed by atoms with Crippen molar-refractivity contribution in [1.82, 2.24) is 9.21 Å². The minimum atomic E-state index is -3.42. The predicted octanol–water partition coefficient (Wildman–Crippen LogP) is 2.59. The summed E-state index contributed by atoms with van der Waals surface area (Å²) < 4.78 is 26.6. The molecule has 24 heavy (non-hydrogen) atoms. The van der Waals surface area contributed by atoms with Gasteiger partial charge in [0.2, 0.25) is 10.0 Å². The van der Waals surface area contributed by atoms with E-state index in [0.29, 0.717) is 30.5 Å². The molecule has 0 spiro atoms. The molecule has 5 nitrogen and oxygen atoms in total. The quantitative estimate of drug-likeness (QED) is 0.842. The van der Waals surface area contributed by atoms with E-state index >= 15 is 0 Å². The molecule has 0 aromatic heterocycles. The molecule has 2 fully saturated rings. The van der Waals surface area contributed by atoms with Crippen molar-refractivity contribution in [3.63, 3.8) is 0 Å². The van der Waals surface area contributed by atoms with Gasteiger partial charge in [-0.1, -0.05) is 13.8 Å². The van der Waals surface area contributed by atoms with Gasteiger partial charge in [-0.3, -0.25) is 4.79 Å². The highest BCUT2D eigenvalue weighted by molar-refractivity contribution is 7.89. The predicted molar refractivity (Wildman–Crippen MR) is 93.3 cm³/mol. The second-order valence-electron chi connectivity index (χ2n) is 7.29. The third-order valence-electron chi connectivity index (χ3n) is 4.96. The summed E-state index contributed by atoms with van der Waals surface area (Å²) in [6.45, 7) is 7.07. The number of hydrogen-bond donors (Lipinski definition) is 0. The summed E-state index contributed by atoms with van der Waals surface area (Å²) in [5.74, 6) is 1.01. The first-order chi connectivity index (χ1) is 11.4. The Kier molecular flexibility index (Phi) is 4.97. The van der Waals surface area contributed by atoms with Crippen LogP contribution in [-0.2, 0) is 10.0 Å². The maximum absolute atomic E-state index is 12.7. The molecular formula is C18H26N2O3S. The van der Waals surface area contributed by atoms with E-state index in [4.69, 9.17) is 0 Å². The zero-order valence-corrected chi connectivity index (χ0v) is 15.3. The van der Waals surface area contributed by atoms with Crippen LogP contribution >= 0.6 is 0 Å². The SMILES string of the molecule is C[C@@H]1C[C@@H](C)CN(C(=O)c2ccc(S(=O)(=O)N3CCCC3)cc2)C1. The van der Waals surface area contributed by atoms with Gasteiger partial charge in [0.1, 0.15) is 0 Å². The molecule has 2 atom stereocenters. The van der Waals surface area contributed by atoms with Crippen molar-refractivity contribution >= 4 is 15.9 Å². The van der Waals surface area contributed by atoms with Crippen molar-refractivity contribution in [2.75, 3.05) is 26.2 Å². The van der Waals surface area contributed by atoms with Crippen molar-refractivity contribution < 1.29 is 13.2 Å². The van der Waals surface area contributed by atoms with Crippen LogP contribution in [0.4, 0.5) is 0 Å². The average Bonchev–Trinajstić information content (AvgIpc) is 3.08. The first kappa shape index (κ1) is 17.4. The fraction of sp³-hybridized carbons (Fsp3) is 0.611. The summed E-state index contributed by atoms with van der Waals surface area (Å²) in [6.07, 6.45) is 2.99. The average molecular weight is 350 g/mol. The number of benzene rings is 1. The van der Waals surface area contributed by atoms with E-state index < -0.39 is 10.0 Å². The molecule has 1 amide bonds. The van der Waals surface area contributed by atoms with Gasteiger partial charge in [0, 0.05) is 31.7 Å². The minimum absolute atomic E-state index is 0.00137. The summed E-state index contributed by atoms with van der Waals surface area (Å²) in [7, 11) is -3.42. The van der Waals surface area contributed by atoms with Crippen LogP contribution in [0.5, 0.6) is 0 Å². The highest BCUT2D eigenvalue weighted by atomic mass is 32.2. The molecule has 1 aromatic carbocycles. The number of carbonyl (C=O) groups excluding carboxylic acids is 1. The Morgan fingerprint density at radius 3 is 2.08 bits per heavy atom. The van der Waals surface area contributed by atoms with Gasteiger partial charge < -0.3 is 4.90 Å². The third-order valence-corrected chi connectivity index (χ3v) is 6.87. The molecule has 3 rings (SSSR count). The molecular weight excluding hydrogens is 324 g/mol. The molecule has 2 aliphatic heterocycles. The Bertz CT molecular complexity index is 683. The molecule has 1 aromatic rings. The van der Waals surface area contributed by atoms with Gasteiger partial charge in [-0.15, -0.1) is 0 Å². The Morgan fingerprint density at radius 1 is 1.00 bits per heavy atom. The first-order valence-electron chi connectivity index (χ1n) is 8.77. The highest BCUT2D eigenvalue weighted by Crippen LogP contribution is 2.24. The maximum atomic E-state index is 12.7. The second kappa shape index (κ2) is 6.84. The summed E-state index contributed by atoms with van der Waals surface area (Å²) in [6, 6.07) is 6.43. The van der Waals surface area contributed by atoms with E-state index in [2.05, 4.69) is 13.8 Å². The zero-order valence-electron chi connectivity index (χ0n) is 14.4. The van der Waals surface area contributed by atoms with Crippen LogP contribution in [0.3, 0.4) is 0 Å². The molecule has 2 saturated heterocycles. The van der Waals surface area contributed by atoms with Gasteiger partial charge in [0.05, 0.1) is 4.90 Å². The second-order valence-corrected chi connectivity index (χ2v) is 9.23. The minimum Gasteiger partial charge on any atom is -0.338 e. The van der Waals surface area contributed by atoms with Gasteiger partial charge in [-0.25, -0.2) is 8.42 Å². The number of carbonyl (C=O) groups is 1. The fourth-order valence-electron chi connectivity index (χ4n) is 3.86. The van der Waals surface area contributed by atoms with Crippen LogP contribution in [0.25, 0.3) is 0 Å². The Hall–Kier alpha value is -1.40. The lowest BCUT2D eigenvalue weighted by Crippen LogP contribution is -2.42. The van der Waals surface area contributed by atoms with Gasteiger partial charge in [-0.05, 0) is 55.4 Å². The van der Waals surface area contributed by atoms with E-state index in [0.717, 1.165) is 32.4 Å². The van der Waals surface area contributed by atoms with Crippen molar-refractivity contribution in [3.8, 4) is 0 Å². The van der Waals surface area contributed by atoms with E-state index in [1.165, 1.54) is 4.31 Å². The lowest BCUT2D eigenvalue weighted by molar-refractivity contribution is 0.0623. The molecule has 0 unspecified atom stereocenters. The maximum Gasteiger partial charge on any atom is 0.253 e. The number of piperidine rings is 1. The first-order valence-corrected chi connectivity index (χ1v) is 10.2. The van der Waals surface area contributed by atoms with Crippen LogP contribution in [-0.4, -0.2) is 49.7 Å². The molecule has 0 radical (unpaired) electrons. The largest absolute Gasteiger partial charge is 0.338 e. The lowest BCUT2D eigenvalue weighted by Gasteiger charge is -2.35.